The summed E-state index contributed by atoms with van der Waals surface area (Å²) in [5, 5.41) is 7.20. The summed E-state index contributed by atoms with van der Waals surface area (Å²) in [5.41, 5.74) is 1.22. The topological polar surface area (TPSA) is 67.7 Å². The molecule has 5 rings (SSSR count). The van der Waals surface area contributed by atoms with Crippen molar-refractivity contribution in [2.75, 3.05) is 31.5 Å². The van der Waals surface area contributed by atoms with Gasteiger partial charge >= 0.3 is 6.18 Å². The SMILES string of the molecule is O=C(c1nn2c(c1Br)NC(c1ccco1)CC2C(F)(F)F)N1CC[NH+](Cc2ccccc2)CC1. The molecule has 2 N–H and O–H groups in total. The van der Waals surface area contributed by atoms with Gasteiger partial charge in [-0.05, 0) is 28.1 Å². The highest BCUT2D eigenvalue weighted by molar-refractivity contribution is 9.10. The third-order valence-electron chi connectivity index (χ3n) is 6.44. The molecule has 34 heavy (non-hydrogen) atoms. The third kappa shape index (κ3) is 4.46. The predicted octanol–water partition coefficient (Wildman–Crippen LogP) is 3.44. The van der Waals surface area contributed by atoms with Crippen LogP contribution in [0.3, 0.4) is 0 Å². The van der Waals surface area contributed by atoms with Crippen molar-refractivity contribution in [2.45, 2.75) is 31.2 Å². The van der Waals surface area contributed by atoms with Crippen molar-refractivity contribution in [3.05, 3.63) is 70.2 Å². The molecule has 0 spiro atoms. The van der Waals surface area contributed by atoms with Gasteiger partial charge in [-0.2, -0.15) is 18.3 Å². The van der Waals surface area contributed by atoms with E-state index in [9.17, 15) is 18.0 Å². The van der Waals surface area contributed by atoms with Crippen LogP contribution in [0.4, 0.5) is 19.0 Å². The molecule has 2 unspecified atom stereocenters. The minimum absolute atomic E-state index is 0.0108. The number of halogens is 4. The first-order valence-electron chi connectivity index (χ1n) is 11.1. The van der Waals surface area contributed by atoms with Crippen molar-refractivity contribution in [3.63, 3.8) is 0 Å². The number of anilines is 1. The van der Waals surface area contributed by atoms with Crippen LogP contribution >= 0.6 is 15.9 Å². The summed E-state index contributed by atoms with van der Waals surface area (Å²) in [4.78, 5) is 16.3. The quantitative estimate of drug-likeness (QED) is 0.534. The Balaban J connectivity index is 1.34. The molecule has 2 atom stereocenters. The molecule has 0 aliphatic carbocycles. The van der Waals surface area contributed by atoms with E-state index in [0.29, 0.717) is 18.8 Å². The summed E-state index contributed by atoms with van der Waals surface area (Å²) < 4.78 is 48.2. The summed E-state index contributed by atoms with van der Waals surface area (Å²) >= 11 is 3.35. The van der Waals surface area contributed by atoms with Gasteiger partial charge in [-0.15, -0.1) is 0 Å². The fourth-order valence-corrected chi connectivity index (χ4v) is 5.18. The molecule has 11 heteroatoms. The highest BCUT2D eigenvalue weighted by Crippen LogP contribution is 2.46. The van der Waals surface area contributed by atoms with Gasteiger partial charge in [-0.1, -0.05) is 30.3 Å². The van der Waals surface area contributed by atoms with E-state index in [4.69, 9.17) is 4.42 Å². The molecule has 2 aliphatic rings. The minimum Gasteiger partial charge on any atom is -0.467 e. The highest BCUT2D eigenvalue weighted by Gasteiger charge is 2.48. The number of hydrogen-bond donors (Lipinski definition) is 2. The molecule has 4 heterocycles. The second kappa shape index (κ2) is 9.10. The first-order valence-corrected chi connectivity index (χ1v) is 11.9. The van der Waals surface area contributed by atoms with Crippen LogP contribution < -0.4 is 10.2 Å². The number of furan rings is 1. The summed E-state index contributed by atoms with van der Waals surface area (Å²) in [7, 11) is 0. The Morgan fingerprint density at radius 1 is 1.18 bits per heavy atom. The van der Waals surface area contributed by atoms with Crippen LogP contribution in [-0.2, 0) is 6.54 Å². The van der Waals surface area contributed by atoms with E-state index < -0.39 is 18.3 Å². The van der Waals surface area contributed by atoms with Gasteiger partial charge in [-0.3, -0.25) is 4.79 Å². The molecule has 1 fully saturated rings. The highest BCUT2D eigenvalue weighted by atomic mass is 79.9. The minimum atomic E-state index is -4.53. The maximum atomic E-state index is 13.9. The summed E-state index contributed by atoms with van der Waals surface area (Å²) in [6.45, 7) is 3.42. The van der Waals surface area contributed by atoms with E-state index in [1.807, 2.05) is 18.2 Å². The maximum Gasteiger partial charge on any atom is 0.410 e. The molecule has 7 nitrogen and oxygen atoms in total. The smallest absolute Gasteiger partial charge is 0.410 e. The predicted molar refractivity (Wildman–Crippen MR) is 121 cm³/mol. The number of aromatic nitrogens is 2. The first-order chi connectivity index (χ1) is 16.3. The Bertz CT molecular complexity index is 1140. The molecule has 0 bridgehead atoms. The fraction of sp³-hybridized carbons (Fsp3) is 0.391. The van der Waals surface area contributed by atoms with Gasteiger partial charge in [-0.25, -0.2) is 4.68 Å². The van der Waals surface area contributed by atoms with Crippen molar-refractivity contribution in [1.29, 1.82) is 0 Å². The summed E-state index contributed by atoms with van der Waals surface area (Å²) in [6, 6.07) is 10.9. The van der Waals surface area contributed by atoms with Crippen LogP contribution in [0.2, 0.25) is 0 Å². The molecule has 1 saturated heterocycles. The van der Waals surface area contributed by atoms with Gasteiger partial charge < -0.3 is 19.5 Å². The fourth-order valence-electron chi connectivity index (χ4n) is 4.64. The second-order valence-corrected chi connectivity index (χ2v) is 9.46. The van der Waals surface area contributed by atoms with E-state index in [0.717, 1.165) is 24.3 Å². The number of rotatable bonds is 4. The first kappa shape index (κ1) is 23.0. The molecular formula is C23H24BrF3N5O2+. The number of amides is 1. The Kier molecular flexibility index (Phi) is 6.15. The van der Waals surface area contributed by atoms with Gasteiger partial charge in [0.05, 0.1) is 43.0 Å². The van der Waals surface area contributed by atoms with Crippen molar-refractivity contribution in [3.8, 4) is 0 Å². The number of hydrogen-bond acceptors (Lipinski definition) is 4. The Morgan fingerprint density at radius 2 is 1.91 bits per heavy atom. The number of piperazine rings is 1. The van der Waals surface area contributed by atoms with Crippen molar-refractivity contribution >= 4 is 27.7 Å². The average Bonchev–Trinajstić information content (AvgIpc) is 3.47. The van der Waals surface area contributed by atoms with Crippen molar-refractivity contribution < 1.29 is 27.3 Å². The second-order valence-electron chi connectivity index (χ2n) is 8.67. The van der Waals surface area contributed by atoms with Crippen LogP contribution in [-0.4, -0.2) is 52.9 Å². The molecule has 2 aromatic heterocycles. The van der Waals surface area contributed by atoms with E-state index in [-0.39, 0.29) is 28.3 Å². The van der Waals surface area contributed by atoms with Crippen LogP contribution in [0, 0.1) is 0 Å². The third-order valence-corrected chi connectivity index (χ3v) is 7.19. The number of nitrogens with zero attached hydrogens (tertiary/aromatic N) is 3. The lowest BCUT2D eigenvalue weighted by molar-refractivity contribution is -0.917. The van der Waals surface area contributed by atoms with Gasteiger partial charge in [0.1, 0.15) is 18.1 Å². The Labute approximate surface area is 202 Å². The van der Waals surface area contributed by atoms with Gasteiger partial charge in [0.25, 0.3) is 5.91 Å². The lowest BCUT2D eigenvalue weighted by Gasteiger charge is -2.32. The van der Waals surface area contributed by atoms with Gasteiger partial charge in [0.2, 0.25) is 0 Å². The zero-order chi connectivity index (χ0) is 23.9. The van der Waals surface area contributed by atoms with Crippen molar-refractivity contribution in [1.82, 2.24) is 14.7 Å². The lowest BCUT2D eigenvalue weighted by Crippen LogP contribution is -3.13. The Morgan fingerprint density at radius 3 is 2.56 bits per heavy atom. The lowest BCUT2D eigenvalue weighted by atomic mass is 10.0. The number of fused-ring (bicyclic) bond motifs is 1. The average molecular weight is 539 g/mol. The van der Waals surface area contributed by atoms with E-state index >= 15 is 0 Å². The summed E-state index contributed by atoms with van der Waals surface area (Å²) in [5.74, 6) is 0.162. The maximum absolute atomic E-state index is 13.9. The zero-order valence-electron chi connectivity index (χ0n) is 18.2. The van der Waals surface area contributed by atoms with E-state index in [1.54, 1.807) is 17.0 Å². The van der Waals surface area contributed by atoms with Crippen LogP contribution in [0.25, 0.3) is 0 Å². The molecule has 3 aromatic rings. The number of benzene rings is 1. The molecule has 0 radical (unpaired) electrons. The number of carbonyl (C=O) groups is 1. The molecule has 0 saturated carbocycles. The number of nitrogens with one attached hydrogen (secondary N) is 2. The van der Waals surface area contributed by atoms with E-state index in [2.05, 4.69) is 38.5 Å². The molecule has 180 valence electrons. The molecular weight excluding hydrogens is 515 g/mol. The van der Waals surface area contributed by atoms with E-state index in [1.165, 1.54) is 16.7 Å². The number of carbonyl (C=O) groups excluding carboxylic acids is 1. The Hall–Kier alpha value is -2.79. The zero-order valence-corrected chi connectivity index (χ0v) is 19.8. The summed E-state index contributed by atoms with van der Waals surface area (Å²) in [6.07, 6.45) is -3.39. The van der Waals surface area contributed by atoms with Crippen molar-refractivity contribution in [2.24, 2.45) is 0 Å². The van der Waals surface area contributed by atoms with Crippen LogP contribution in [0.5, 0.6) is 0 Å². The molecule has 1 aromatic carbocycles. The largest absolute Gasteiger partial charge is 0.467 e. The van der Waals surface area contributed by atoms with Crippen LogP contribution in [0.1, 0.15) is 40.3 Å². The normalized spacial score (nSPS) is 21.2. The molecule has 2 aliphatic heterocycles. The monoisotopic (exact) mass is 538 g/mol. The number of quaternary nitrogens is 1. The standard InChI is InChI=1S/C23H23BrF3N5O2/c24-19-20(22(33)31-10-8-30(9-11-31)14-15-5-2-1-3-6-15)29-32-18(23(25,26)27)13-16(28-21(19)32)17-7-4-12-34-17/h1-7,12,16,18,28H,8-11,13-14H2/p+1. The van der Waals surface area contributed by atoms with Gasteiger partial charge in [0.15, 0.2) is 11.7 Å². The van der Waals surface area contributed by atoms with Crippen LogP contribution in [0.15, 0.2) is 57.6 Å². The van der Waals surface area contributed by atoms with Gasteiger partial charge in [0, 0.05) is 12.0 Å². The molecule has 1 amide bonds. The number of alkyl halides is 3.